The summed E-state index contributed by atoms with van der Waals surface area (Å²) >= 11 is -23.8. The molecule has 0 spiro atoms. The van der Waals surface area contributed by atoms with Crippen LogP contribution in [0, 0.1) is 96.3 Å². The predicted octanol–water partition coefficient (Wildman–Crippen LogP) is 25.4. The fourth-order valence-electron chi connectivity index (χ4n) is 15.5. The van der Waals surface area contributed by atoms with Gasteiger partial charge in [0.25, 0.3) is 0 Å². The molecule has 0 heterocycles. The summed E-state index contributed by atoms with van der Waals surface area (Å²) in [6.45, 7) is 28.1. The standard InChI is InChI=1S/2C8H4NO.2C7F5O.2C7H4NO3.4C7H5O.6C4H9.2C2H4O2.2C2H3.5Sn/c1-9-8-4-2-7(6-10)3-5-8;9-5-7-1-3-8(6-10)4-2-7;2*8-3-2(1-13)4(9)6(11)7(12)5(3)10;2*9-5-6-1-3-7(4-2-6)8(10)11;4*8-6-7-4-2-1-3-5-7;6*1-3-4-2;2*1-2(3)4;2*1-2;;;;;/h2-5H;1-4H;;;2*1-4H;4*1-5H;6*1,3-4H2,2H3;2*1H3,(H,3,4);2*1H,2H2;;;;;/q;;;;;;;;;;;;;;;;;;;;;;;;+2/p-2. The van der Waals surface area contributed by atoms with Crippen LogP contribution in [0.4, 0.5) is 61.0 Å². The average Bonchev–Trinajstić information content (AvgIpc) is 0.741. The summed E-state index contributed by atoms with van der Waals surface area (Å²) in [6.07, 6.45) is 7.13. The number of carbonyl (C=O) groups excluding carboxylic acids is 12. The van der Waals surface area contributed by atoms with Crippen LogP contribution in [-0.2, 0) is 15.7 Å². The molecule has 0 radical (unpaired) electrons. The molecule has 0 aliphatic carbocycles. The van der Waals surface area contributed by atoms with Crippen molar-refractivity contribution in [2.75, 3.05) is 0 Å². The van der Waals surface area contributed by atoms with Gasteiger partial charge in [0.1, 0.15) is 0 Å². The van der Waals surface area contributed by atoms with Crippen molar-refractivity contribution in [3.8, 4) is 6.07 Å². The number of nitro benzene ring substituents is 2. The van der Waals surface area contributed by atoms with Gasteiger partial charge in [-0.15, -0.1) is 0 Å². The molecule has 0 N–H and O–H groups in total. The molecular formula is C104H102F10N4O18Sn5. The van der Waals surface area contributed by atoms with Crippen molar-refractivity contribution in [3.05, 3.63) is 391 Å². The van der Waals surface area contributed by atoms with E-state index in [0.717, 1.165) is 65.2 Å². The second-order valence-corrected chi connectivity index (χ2v) is 84.6. The van der Waals surface area contributed by atoms with Crippen LogP contribution in [0.25, 0.3) is 4.85 Å². The molecule has 37 heteroatoms. The van der Waals surface area contributed by atoms with Crippen molar-refractivity contribution in [1.82, 2.24) is 0 Å². The zero-order valence-electron chi connectivity index (χ0n) is 78.5. The number of non-ortho nitro benzene ring substituents is 2. The Balaban J connectivity index is 0.000000272. The van der Waals surface area contributed by atoms with E-state index in [1.807, 2.05) is 26.0 Å². The van der Waals surface area contributed by atoms with Gasteiger partial charge < -0.3 is 0 Å². The van der Waals surface area contributed by atoms with E-state index in [4.69, 9.17) is 18.0 Å². The molecule has 0 fully saturated rings. The van der Waals surface area contributed by atoms with Crippen LogP contribution in [0.1, 0.15) is 242 Å². The van der Waals surface area contributed by atoms with Crippen molar-refractivity contribution < 1.29 is 117 Å². The maximum atomic E-state index is 14.5. The van der Waals surface area contributed by atoms with Gasteiger partial charge in [-0.1, -0.05) is 0 Å². The van der Waals surface area contributed by atoms with E-state index in [1.165, 1.54) is 72.8 Å². The number of hydrogen-bond acceptors (Lipinski definition) is 19. The second kappa shape index (κ2) is 56.3. The molecule has 10 aromatic rings. The molecule has 10 rings (SSSR count). The predicted molar refractivity (Wildman–Crippen MR) is 523 cm³/mol. The molecule has 0 bridgehead atoms. The summed E-state index contributed by atoms with van der Waals surface area (Å²) < 4.78 is 150. The SMILES string of the molecule is C=[CH][Sn]([CH]=C)([C](=O)c1ccccc1)[C](=O)c1ccccc1.CC(=O)[O][Sn]([O]C(C)=O)([C](=O)c1ccccc1)[C](=O)c1ccccc1.CCC[CH2][Sn]([CH2]CCC)([C](=O)c1c(F)c(F)c(F)c(F)c1F)[C](=O)c1c(F)c(F)c(F)c(F)c1F.CCC[CH2][Sn]([CH2]CCC)([C](=O)c1ccc([N+](=O)[O-])cc1)[C](=O)c1ccc([N+](=O)[O-])cc1.[C-]#[N+]c1ccc([C](=O)[Sn]([CH2]CCC)([CH2]CCC)[C](=O)c2ccc(C#N)cc2)cc1. The second-order valence-electron chi connectivity index (χ2n) is 32.5. The van der Waals surface area contributed by atoms with Gasteiger partial charge in [-0.3, -0.25) is 0 Å². The quantitative estimate of drug-likeness (QED) is 0.00651. The molecule has 0 saturated heterocycles. The van der Waals surface area contributed by atoms with Crippen molar-refractivity contribution >= 4 is 160 Å². The fourth-order valence-corrected chi connectivity index (χ4v) is 69.8. The number of nitro groups is 2. The van der Waals surface area contributed by atoms with Gasteiger partial charge in [0, 0.05) is 0 Å². The molecule has 141 heavy (non-hydrogen) atoms. The summed E-state index contributed by atoms with van der Waals surface area (Å²) in [5.41, 5.74) is 0.0668. The number of nitriles is 1. The number of nitrogens with zero attached hydrogens (tertiary/aromatic N) is 4. The third-order valence-corrected chi connectivity index (χ3v) is 81.4. The molecule has 0 unspecified atom stereocenters. The van der Waals surface area contributed by atoms with Crippen LogP contribution in [0.15, 0.2) is 240 Å². The first kappa shape index (κ1) is 118. The van der Waals surface area contributed by atoms with E-state index in [-0.39, 0.29) is 71.0 Å². The van der Waals surface area contributed by atoms with Crippen LogP contribution in [0.2, 0.25) is 26.6 Å². The minimum absolute atomic E-state index is 0.0324. The Hall–Kier alpha value is -11.6. The molecule has 0 saturated carbocycles. The van der Waals surface area contributed by atoms with E-state index in [2.05, 4.69) is 37.9 Å². The van der Waals surface area contributed by atoms with Crippen LogP contribution in [0.5, 0.6) is 0 Å². The number of unbranched alkanes of at least 4 members (excludes halogenated alkanes) is 6. The van der Waals surface area contributed by atoms with Crippen LogP contribution in [0.3, 0.4) is 0 Å². The summed E-state index contributed by atoms with van der Waals surface area (Å²) in [5, 5.41) is 31.0. The monoisotopic (exact) mass is 2480 g/mol. The first-order valence-electron chi connectivity index (χ1n) is 44.9. The Bertz CT molecular complexity index is 5900. The van der Waals surface area contributed by atoms with Crippen LogP contribution >= 0.6 is 0 Å². The van der Waals surface area contributed by atoms with E-state index >= 15 is 0 Å². The summed E-state index contributed by atoms with van der Waals surface area (Å²) in [4.78, 5) is 181. The Labute approximate surface area is 830 Å². The molecule has 22 nitrogen and oxygen atoms in total. The number of hydrogen-bond donors (Lipinski definition) is 0. The van der Waals surface area contributed by atoms with Crippen LogP contribution in [-0.4, -0.2) is 152 Å². The van der Waals surface area contributed by atoms with E-state index in [9.17, 15) is 122 Å². The Morgan fingerprint density at radius 3 is 0.759 bits per heavy atom. The van der Waals surface area contributed by atoms with Gasteiger partial charge in [-0.2, -0.15) is 0 Å². The number of benzene rings is 10. The fraction of sp³-hybridized carbons (Fsp3) is 0.250. The van der Waals surface area contributed by atoms with E-state index in [1.54, 1.807) is 155 Å². The van der Waals surface area contributed by atoms with Crippen molar-refractivity contribution in [2.45, 2.75) is 159 Å². The van der Waals surface area contributed by atoms with Gasteiger partial charge >= 0.3 is 838 Å². The maximum absolute atomic E-state index is 14.5. The van der Waals surface area contributed by atoms with Gasteiger partial charge in [-0.05, 0) is 0 Å². The zero-order chi connectivity index (χ0) is 105. The number of rotatable bonds is 44. The minimum atomic E-state index is -5.97. The molecule has 0 aliphatic rings. The molecule has 0 atom stereocenters. The molecule has 10 aromatic carbocycles. The first-order chi connectivity index (χ1) is 67.1. The average molecular weight is 2480 g/mol. The van der Waals surface area contributed by atoms with Gasteiger partial charge in [0.15, 0.2) is 0 Å². The van der Waals surface area contributed by atoms with Crippen molar-refractivity contribution in [2.24, 2.45) is 0 Å². The Morgan fingerprint density at radius 2 is 0.546 bits per heavy atom. The third kappa shape index (κ3) is 28.9. The van der Waals surface area contributed by atoms with Crippen molar-refractivity contribution in [3.63, 3.8) is 0 Å². The molecule has 736 valence electrons. The first-order valence-corrected chi connectivity index (χ1v) is 76.9. The van der Waals surface area contributed by atoms with Crippen molar-refractivity contribution in [1.29, 1.82) is 5.26 Å². The number of halogens is 10. The topological polar surface area (TPSA) is 338 Å². The molecule has 0 aliphatic heterocycles. The molecular weight excluding hydrogens is 2380 g/mol. The zero-order valence-corrected chi connectivity index (χ0v) is 92.8. The molecule has 0 aromatic heterocycles. The summed E-state index contributed by atoms with van der Waals surface area (Å²) in [7, 11) is 0. The van der Waals surface area contributed by atoms with E-state index < -0.39 is 208 Å². The number of carbonyl (C=O) groups is 12. The molecule has 0 amide bonds. The summed E-state index contributed by atoms with van der Waals surface area (Å²) in [6, 6.07) is 60.0. The van der Waals surface area contributed by atoms with Gasteiger partial charge in [-0.25, -0.2) is 0 Å². The Morgan fingerprint density at radius 1 is 0.333 bits per heavy atom. The van der Waals surface area contributed by atoms with Crippen LogP contribution < -0.4 is 0 Å². The third-order valence-electron chi connectivity index (χ3n) is 23.2. The normalized spacial score (nSPS) is 11.1. The van der Waals surface area contributed by atoms with Gasteiger partial charge in [0.05, 0.1) is 0 Å². The van der Waals surface area contributed by atoms with Gasteiger partial charge in [0.2, 0.25) is 0 Å². The Kier molecular flexibility index (Phi) is 47.1. The summed E-state index contributed by atoms with van der Waals surface area (Å²) in [5.74, 6) is -27.0. The van der Waals surface area contributed by atoms with E-state index in [0.29, 0.717) is 62.4 Å².